The maximum absolute atomic E-state index is 10.7. The SMILES string of the molecule is O=C([O-])/C(Cl)=C(\C(=O)[O-])c1ccccc1.[Na+].[Na+]. The molecule has 17 heavy (non-hydrogen) atoms. The summed E-state index contributed by atoms with van der Waals surface area (Å²) in [5.41, 5.74) is -0.427. The Balaban J connectivity index is 0. The summed E-state index contributed by atoms with van der Waals surface area (Å²) in [6.07, 6.45) is 0. The number of halogens is 1. The van der Waals surface area contributed by atoms with Crippen molar-refractivity contribution in [2.45, 2.75) is 0 Å². The first kappa shape index (κ1) is 19.5. The van der Waals surface area contributed by atoms with E-state index in [1.807, 2.05) is 0 Å². The topological polar surface area (TPSA) is 80.3 Å². The van der Waals surface area contributed by atoms with Crippen LogP contribution >= 0.6 is 11.6 Å². The maximum Gasteiger partial charge on any atom is 1.00 e. The van der Waals surface area contributed by atoms with Gasteiger partial charge in [0.2, 0.25) is 0 Å². The summed E-state index contributed by atoms with van der Waals surface area (Å²) in [6.45, 7) is 0. The van der Waals surface area contributed by atoms with E-state index in [-0.39, 0.29) is 64.7 Å². The van der Waals surface area contributed by atoms with E-state index in [9.17, 15) is 19.8 Å². The van der Waals surface area contributed by atoms with Gasteiger partial charge < -0.3 is 19.8 Å². The fraction of sp³-hybridized carbons (Fsp3) is 0. The van der Waals surface area contributed by atoms with Crippen LogP contribution in [0.5, 0.6) is 0 Å². The second-order valence-corrected chi connectivity index (χ2v) is 3.01. The van der Waals surface area contributed by atoms with Gasteiger partial charge in [-0.25, -0.2) is 0 Å². The molecule has 0 atom stereocenters. The average molecular weight is 271 g/mol. The normalized spacial score (nSPS) is 10.4. The monoisotopic (exact) mass is 270 g/mol. The van der Waals surface area contributed by atoms with Gasteiger partial charge in [-0.1, -0.05) is 41.9 Å². The largest absolute Gasteiger partial charge is 1.00 e. The Morgan fingerprint density at radius 3 is 1.76 bits per heavy atom. The molecular formula is C10H5ClNa2O4. The second kappa shape index (κ2) is 9.16. The Bertz CT molecular complexity index is 431. The van der Waals surface area contributed by atoms with Crippen molar-refractivity contribution >= 4 is 29.1 Å². The number of carbonyl (C=O) groups is 2. The van der Waals surface area contributed by atoms with E-state index >= 15 is 0 Å². The van der Waals surface area contributed by atoms with Crippen molar-refractivity contribution < 1.29 is 78.9 Å². The number of carboxylic acids is 2. The van der Waals surface area contributed by atoms with Gasteiger partial charge in [0.1, 0.15) is 0 Å². The number of hydrogen-bond donors (Lipinski definition) is 0. The molecule has 0 unspecified atom stereocenters. The molecule has 0 aliphatic carbocycles. The van der Waals surface area contributed by atoms with Crippen LogP contribution in [0.1, 0.15) is 5.56 Å². The molecule has 0 saturated carbocycles. The molecule has 0 aliphatic rings. The number of benzene rings is 1. The van der Waals surface area contributed by atoms with Gasteiger partial charge in [-0.05, 0) is 5.56 Å². The zero-order valence-electron chi connectivity index (χ0n) is 9.40. The third-order valence-electron chi connectivity index (χ3n) is 1.67. The second-order valence-electron chi connectivity index (χ2n) is 2.63. The minimum absolute atomic E-state index is 0. The molecule has 0 heterocycles. The van der Waals surface area contributed by atoms with E-state index in [1.54, 1.807) is 18.2 Å². The molecule has 0 aromatic heterocycles. The summed E-state index contributed by atoms with van der Waals surface area (Å²) < 4.78 is 0. The number of aliphatic carboxylic acids is 2. The van der Waals surface area contributed by atoms with Crippen molar-refractivity contribution in [2.24, 2.45) is 0 Å². The summed E-state index contributed by atoms with van der Waals surface area (Å²) in [5.74, 6) is -3.41. The van der Waals surface area contributed by atoms with Crippen molar-refractivity contribution in [3.63, 3.8) is 0 Å². The summed E-state index contributed by atoms with van der Waals surface area (Å²) in [5, 5.41) is 20.3. The molecule has 0 aliphatic heterocycles. The minimum atomic E-state index is -1.75. The van der Waals surface area contributed by atoms with E-state index in [2.05, 4.69) is 0 Å². The molecule has 0 N–H and O–H groups in total. The van der Waals surface area contributed by atoms with Crippen LogP contribution in [0.3, 0.4) is 0 Å². The molecule has 0 bridgehead atoms. The third kappa shape index (κ3) is 5.57. The zero-order chi connectivity index (χ0) is 11.4. The Kier molecular flexibility index (Phi) is 10.5. The summed E-state index contributed by atoms with van der Waals surface area (Å²) >= 11 is 5.31. The van der Waals surface area contributed by atoms with Gasteiger partial charge in [0.15, 0.2) is 0 Å². The fourth-order valence-corrected chi connectivity index (χ4v) is 1.23. The first-order chi connectivity index (χ1) is 7.04. The first-order valence-corrected chi connectivity index (χ1v) is 4.29. The van der Waals surface area contributed by atoms with E-state index in [0.29, 0.717) is 0 Å². The van der Waals surface area contributed by atoms with Crippen molar-refractivity contribution in [1.29, 1.82) is 0 Å². The molecule has 0 saturated heterocycles. The summed E-state index contributed by atoms with van der Waals surface area (Å²) in [4.78, 5) is 21.1. The third-order valence-corrected chi connectivity index (χ3v) is 2.01. The van der Waals surface area contributed by atoms with Crippen molar-refractivity contribution in [2.75, 3.05) is 0 Å². The van der Waals surface area contributed by atoms with E-state index in [4.69, 9.17) is 11.6 Å². The van der Waals surface area contributed by atoms with Crippen LogP contribution < -0.4 is 69.3 Å². The number of hydrogen-bond acceptors (Lipinski definition) is 4. The Morgan fingerprint density at radius 1 is 0.941 bits per heavy atom. The number of carbonyl (C=O) groups excluding carboxylic acids is 2. The van der Waals surface area contributed by atoms with Crippen LogP contribution in [0.15, 0.2) is 35.4 Å². The molecule has 4 nitrogen and oxygen atoms in total. The molecule has 1 aromatic carbocycles. The maximum atomic E-state index is 10.7. The molecule has 0 radical (unpaired) electrons. The number of carboxylic acid groups (broad SMARTS) is 2. The smallest absolute Gasteiger partial charge is 0.545 e. The van der Waals surface area contributed by atoms with Crippen LogP contribution in [0, 0.1) is 0 Å². The molecule has 1 rings (SSSR count). The van der Waals surface area contributed by atoms with Crippen molar-refractivity contribution in [3.8, 4) is 0 Å². The van der Waals surface area contributed by atoms with Gasteiger partial charge in [-0.2, -0.15) is 0 Å². The predicted molar refractivity (Wildman–Crippen MR) is 49.2 cm³/mol. The van der Waals surface area contributed by atoms with Gasteiger partial charge in [0.05, 0.1) is 17.0 Å². The quantitative estimate of drug-likeness (QED) is 0.404. The summed E-state index contributed by atoms with van der Waals surface area (Å²) in [7, 11) is 0. The minimum Gasteiger partial charge on any atom is -0.545 e. The van der Waals surface area contributed by atoms with E-state index < -0.39 is 22.5 Å². The van der Waals surface area contributed by atoms with Crippen molar-refractivity contribution in [1.82, 2.24) is 0 Å². The molecule has 0 fully saturated rings. The van der Waals surface area contributed by atoms with Crippen molar-refractivity contribution in [3.05, 3.63) is 40.9 Å². The van der Waals surface area contributed by atoms with Crippen LogP contribution in [-0.4, -0.2) is 11.9 Å². The van der Waals surface area contributed by atoms with Crippen LogP contribution in [0.4, 0.5) is 0 Å². The molecule has 78 valence electrons. The Morgan fingerprint density at radius 2 is 1.41 bits per heavy atom. The molecule has 0 amide bonds. The molecule has 7 heteroatoms. The van der Waals surface area contributed by atoms with Crippen LogP contribution in [-0.2, 0) is 9.59 Å². The molecule has 0 spiro atoms. The van der Waals surface area contributed by atoms with E-state index in [1.165, 1.54) is 12.1 Å². The van der Waals surface area contributed by atoms with Gasteiger partial charge in [0, 0.05) is 5.57 Å². The molecular weight excluding hydrogens is 266 g/mol. The fourth-order valence-electron chi connectivity index (χ4n) is 1.04. The van der Waals surface area contributed by atoms with Gasteiger partial charge in [-0.15, -0.1) is 0 Å². The Hall–Kier alpha value is 0.190. The first-order valence-electron chi connectivity index (χ1n) is 3.92. The zero-order valence-corrected chi connectivity index (χ0v) is 14.2. The number of rotatable bonds is 3. The predicted octanol–water partition coefficient (Wildman–Crippen LogP) is -6.86. The Labute approximate surface area is 147 Å². The molecule has 1 aromatic rings. The standard InChI is InChI=1S/C10H7ClO4.2Na/c11-8(10(14)15)7(9(12)13)6-4-2-1-3-5-6;;/h1-5H,(H,12,13)(H,14,15);;/q;2*+1/p-2/b8-7+;;. The van der Waals surface area contributed by atoms with Gasteiger partial charge >= 0.3 is 59.1 Å². The van der Waals surface area contributed by atoms with Crippen LogP contribution in [0.2, 0.25) is 0 Å². The van der Waals surface area contributed by atoms with Gasteiger partial charge in [-0.3, -0.25) is 0 Å². The van der Waals surface area contributed by atoms with E-state index in [0.717, 1.165) is 0 Å². The van der Waals surface area contributed by atoms with Crippen LogP contribution in [0.25, 0.3) is 5.57 Å². The summed E-state index contributed by atoms with van der Waals surface area (Å²) in [6, 6.07) is 7.59. The van der Waals surface area contributed by atoms with Gasteiger partial charge in [0.25, 0.3) is 0 Å². The average Bonchev–Trinajstić information content (AvgIpc) is 2.18.